The van der Waals surface area contributed by atoms with Crippen molar-refractivity contribution in [2.75, 3.05) is 6.61 Å². The summed E-state index contributed by atoms with van der Waals surface area (Å²) in [4.78, 5) is 0. The average molecular weight is 261 g/mol. The predicted octanol–water partition coefficient (Wildman–Crippen LogP) is 3.84. The van der Waals surface area contributed by atoms with E-state index in [-0.39, 0.29) is 6.04 Å². The molecule has 0 amide bonds. The van der Waals surface area contributed by atoms with Gasteiger partial charge in [-0.05, 0) is 43.6 Å². The molecule has 1 saturated carbocycles. The Labute approximate surface area is 117 Å². The van der Waals surface area contributed by atoms with Crippen LogP contribution in [0, 0.1) is 18.8 Å². The van der Waals surface area contributed by atoms with Gasteiger partial charge in [0.2, 0.25) is 0 Å². The number of hydrogen-bond donors (Lipinski definition) is 1. The van der Waals surface area contributed by atoms with Gasteiger partial charge >= 0.3 is 0 Å². The van der Waals surface area contributed by atoms with Crippen molar-refractivity contribution in [3.63, 3.8) is 0 Å². The lowest BCUT2D eigenvalue weighted by Crippen LogP contribution is -2.29. The fraction of sp³-hybridized carbons (Fsp3) is 0.647. The highest BCUT2D eigenvalue weighted by atomic mass is 16.5. The van der Waals surface area contributed by atoms with Gasteiger partial charge in [-0.15, -0.1) is 0 Å². The van der Waals surface area contributed by atoms with Crippen molar-refractivity contribution in [3.05, 3.63) is 35.4 Å². The number of benzene rings is 1. The van der Waals surface area contributed by atoms with E-state index in [4.69, 9.17) is 10.5 Å². The molecule has 1 aliphatic rings. The zero-order valence-corrected chi connectivity index (χ0v) is 12.4. The third-order valence-corrected chi connectivity index (χ3v) is 4.57. The molecule has 1 aromatic carbocycles. The molecule has 2 N–H and O–H groups in total. The lowest BCUT2D eigenvalue weighted by molar-refractivity contribution is -0.00362. The van der Waals surface area contributed by atoms with Gasteiger partial charge in [0.15, 0.2) is 0 Å². The number of rotatable bonds is 4. The first-order chi connectivity index (χ1) is 9.06. The van der Waals surface area contributed by atoms with E-state index in [1.807, 2.05) is 0 Å². The van der Waals surface area contributed by atoms with Crippen molar-refractivity contribution in [3.8, 4) is 0 Å². The molecule has 1 aliphatic carbocycles. The first-order valence-corrected chi connectivity index (χ1v) is 7.50. The number of hydrogen-bond acceptors (Lipinski definition) is 2. The summed E-state index contributed by atoms with van der Waals surface area (Å²) in [6, 6.07) is 8.43. The molecule has 1 fully saturated rings. The maximum Gasteiger partial charge on any atom is 0.0663 e. The highest BCUT2D eigenvalue weighted by Crippen LogP contribution is 2.31. The fourth-order valence-electron chi connectivity index (χ4n) is 2.80. The van der Waals surface area contributed by atoms with E-state index < -0.39 is 0 Å². The Balaban J connectivity index is 1.80. The second kappa shape index (κ2) is 6.53. The summed E-state index contributed by atoms with van der Waals surface area (Å²) in [5.41, 5.74) is 8.64. The van der Waals surface area contributed by atoms with E-state index in [1.54, 1.807) is 0 Å². The minimum Gasteiger partial charge on any atom is -0.376 e. The highest BCUT2D eigenvalue weighted by Gasteiger charge is 2.25. The van der Waals surface area contributed by atoms with E-state index in [2.05, 4.69) is 45.0 Å². The van der Waals surface area contributed by atoms with Gasteiger partial charge in [-0.1, -0.05) is 43.7 Å². The molecular weight excluding hydrogens is 234 g/mol. The van der Waals surface area contributed by atoms with Crippen molar-refractivity contribution in [2.45, 2.75) is 52.2 Å². The minimum atomic E-state index is -0.00439. The summed E-state index contributed by atoms with van der Waals surface area (Å²) < 4.78 is 6.02. The van der Waals surface area contributed by atoms with Gasteiger partial charge in [0.25, 0.3) is 0 Å². The van der Waals surface area contributed by atoms with Crippen LogP contribution in [0.2, 0.25) is 0 Å². The summed E-state index contributed by atoms with van der Waals surface area (Å²) in [5.74, 6) is 1.61. The normalized spacial score (nSPS) is 29.2. The molecule has 106 valence electrons. The largest absolute Gasteiger partial charge is 0.376 e. The van der Waals surface area contributed by atoms with Crippen LogP contribution in [-0.4, -0.2) is 12.7 Å². The van der Waals surface area contributed by atoms with Crippen molar-refractivity contribution in [2.24, 2.45) is 17.6 Å². The third-order valence-electron chi connectivity index (χ3n) is 4.57. The van der Waals surface area contributed by atoms with Crippen LogP contribution < -0.4 is 5.73 Å². The van der Waals surface area contributed by atoms with Crippen LogP contribution >= 0.6 is 0 Å². The predicted molar refractivity (Wildman–Crippen MR) is 80.0 cm³/mol. The first kappa shape index (κ1) is 14.5. The van der Waals surface area contributed by atoms with Gasteiger partial charge in [0.1, 0.15) is 0 Å². The van der Waals surface area contributed by atoms with Gasteiger partial charge in [-0.3, -0.25) is 0 Å². The molecule has 0 bridgehead atoms. The minimum absolute atomic E-state index is 0.00439. The van der Waals surface area contributed by atoms with E-state index >= 15 is 0 Å². The SMILES string of the molecule is Cc1ccc(C(N)COC2CCC(C)C(C)C2)cc1. The second-order valence-corrected chi connectivity index (χ2v) is 6.24. The van der Waals surface area contributed by atoms with Crippen LogP contribution in [0.3, 0.4) is 0 Å². The van der Waals surface area contributed by atoms with Crippen molar-refractivity contribution < 1.29 is 4.74 Å². The standard InChI is InChI=1S/C17H27NO/c1-12-4-7-15(8-5-12)17(18)11-19-16-9-6-13(2)14(3)10-16/h4-5,7-8,13-14,16-17H,6,9-11,18H2,1-3H3. The lowest BCUT2D eigenvalue weighted by atomic mass is 9.80. The molecule has 19 heavy (non-hydrogen) atoms. The Morgan fingerprint density at radius 1 is 1.16 bits per heavy atom. The van der Waals surface area contributed by atoms with Crippen LogP contribution in [0.4, 0.5) is 0 Å². The number of nitrogens with two attached hydrogens (primary N) is 1. The Morgan fingerprint density at radius 3 is 2.47 bits per heavy atom. The van der Waals surface area contributed by atoms with Gasteiger partial charge in [-0.2, -0.15) is 0 Å². The molecule has 0 spiro atoms. The van der Waals surface area contributed by atoms with E-state index in [1.165, 1.54) is 30.4 Å². The van der Waals surface area contributed by atoms with Crippen LogP contribution in [0.25, 0.3) is 0 Å². The molecule has 0 radical (unpaired) electrons. The lowest BCUT2D eigenvalue weighted by Gasteiger charge is -2.32. The number of aryl methyl sites for hydroxylation is 1. The second-order valence-electron chi connectivity index (χ2n) is 6.24. The van der Waals surface area contributed by atoms with Crippen LogP contribution in [0.1, 0.15) is 50.3 Å². The molecule has 2 nitrogen and oxygen atoms in total. The summed E-state index contributed by atoms with van der Waals surface area (Å²) in [5, 5.41) is 0. The Morgan fingerprint density at radius 2 is 1.84 bits per heavy atom. The average Bonchev–Trinajstić information content (AvgIpc) is 2.40. The summed E-state index contributed by atoms with van der Waals surface area (Å²) in [7, 11) is 0. The van der Waals surface area contributed by atoms with Gasteiger partial charge in [0, 0.05) is 0 Å². The molecule has 2 rings (SSSR count). The van der Waals surface area contributed by atoms with E-state index in [0.29, 0.717) is 12.7 Å². The van der Waals surface area contributed by atoms with Gasteiger partial charge in [0.05, 0.1) is 18.8 Å². The fourth-order valence-corrected chi connectivity index (χ4v) is 2.80. The topological polar surface area (TPSA) is 35.2 Å². The zero-order valence-electron chi connectivity index (χ0n) is 12.4. The Kier molecular flexibility index (Phi) is 5.00. The molecule has 4 atom stereocenters. The maximum absolute atomic E-state index is 6.20. The zero-order chi connectivity index (χ0) is 13.8. The quantitative estimate of drug-likeness (QED) is 0.894. The molecule has 2 heteroatoms. The third kappa shape index (κ3) is 4.05. The summed E-state index contributed by atoms with van der Waals surface area (Å²) >= 11 is 0. The molecular formula is C17H27NO. The van der Waals surface area contributed by atoms with Crippen molar-refractivity contribution in [1.29, 1.82) is 0 Å². The maximum atomic E-state index is 6.20. The van der Waals surface area contributed by atoms with E-state index in [9.17, 15) is 0 Å². The molecule has 4 unspecified atom stereocenters. The van der Waals surface area contributed by atoms with Crippen LogP contribution in [-0.2, 0) is 4.74 Å². The Hall–Kier alpha value is -0.860. The molecule has 0 aliphatic heterocycles. The highest BCUT2D eigenvalue weighted by molar-refractivity contribution is 5.23. The van der Waals surface area contributed by atoms with Crippen LogP contribution in [0.5, 0.6) is 0 Å². The molecule has 1 aromatic rings. The summed E-state index contributed by atoms with van der Waals surface area (Å²) in [6.45, 7) is 7.41. The van der Waals surface area contributed by atoms with Gasteiger partial charge < -0.3 is 10.5 Å². The molecule has 0 saturated heterocycles. The Bertz CT molecular complexity index is 387. The van der Waals surface area contributed by atoms with E-state index in [0.717, 1.165) is 11.8 Å². The summed E-state index contributed by atoms with van der Waals surface area (Å²) in [6.07, 6.45) is 4.06. The number of ether oxygens (including phenoxy) is 1. The first-order valence-electron chi connectivity index (χ1n) is 7.50. The molecule has 0 heterocycles. The van der Waals surface area contributed by atoms with Crippen molar-refractivity contribution >= 4 is 0 Å². The van der Waals surface area contributed by atoms with Crippen molar-refractivity contribution in [1.82, 2.24) is 0 Å². The van der Waals surface area contributed by atoms with Crippen LogP contribution in [0.15, 0.2) is 24.3 Å². The monoisotopic (exact) mass is 261 g/mol. The smallest absolute Gasteiger partial charge is 0.0663 e. The van der Waals surface area contributed by atoms with Gasteiger partial charge in [-0.25, -0.2) is 0 Å². The molecule has 0 aromatic heterocycles.